The highest BCUT2D eigenvalue weighted by Gasteiger charge is 2.08. The van der Waals surface area contributed by atoms with E-state index in [4.69, 9.17) is 0 Å². The summed E-state index contributed by atoms with van der Waals surface area (Å²) in [5.74, 6) is 0.784. The summed E-state index contributed by atoms with van der Waals surface area (Å²) in [5, 5.41) is 3.30. The minimum absolute atomic E-state index is 0.169. The first-order valence-corrected chi connectivity index (χ1v) is 8.25. The molecule has 20 heavy (non-hydrogen) atoms. The van der Waals surface area contributed by atoms with Crippen LogP contribution < -0.4 is 5.32 Å². The molecule has 1 unspecified atom stereocenters. The van der Waals surface area contributed by atoms with Crippen molar-refractivity contribution in [1.29, 1.82) is 0 Å². The molecule has 4 heteroatoms. The van der Waals surface area contributed by atoms with E-state index in [2.05, 4.69) is 33.4 Å². The highest BCUT2D eigenvalue weighted by Crippen LogP contribution is 2.22. The average molecular weight is 354 g/mol. The van der Waals surface area contributed by atoms with E-state index < -0.39 is 0 Å². The van der Waals surface area contributed by atoms with Gasteiger partial charge in [-0.05, 0) is 55.4 Å². The Bertz CT molecular complexity index is 544. The van der Waals surface area contributed by atoms with Crippen LogP contribution in [-0.4, -0.2) is 18.8 Å². The molecule has 0 heterocycles. The van der Waals surface area contributed by atoms with Crippen LogP contribution >= 0.6 is 27.7 Å². The molecule has 1 N–H and O–H groups in total. The van der Waals surface area contributed by atoms with Crippen LogP contribution in [0.15, 0.2) is 57.9 Å². The summed E-state index contributed by atoms with van der Waals surface area (Å²) in [7, 11) is 1.95. The number of nitrogens with one attached hydrogen (secondary N) is 1. The summed E-state index contributed by atoms with van der Waals surface area (Å²) >= 11 is 5.24. The molecule has 0 aliphatic heterocycles. The van der Waals surface area contributed by atoms with Crippen molar-refractivity contribution >= 4 is 27.7 Å². The summed E-state index contributed by atoms with van der Waals surface area (Å²) in [6, 6.07) is 15.4. The molecular formula is C16H17BrFNS. The van der Waals surface area contributed by atoms with Gasteiger partial charge < -0.3 is 5.32 Å². The Labute approximate surface area is 132 Å². The van der Waals surface area contributed by atoms with Gasteiger partial charge in [-0.1, -0.05) is 28.1 Å². The number of halogens is 2. The molecule has 0 aliphatic carbocycles. The predicted octanol–water partition coefficient (Wildman–Crippen LogP) is 4.51. The average Bonchev–Trinajstić information content (AvgIpc) is 2.45. The van der Waals surface area contributed by atoms with Gasteiger partial charge in [0, 0.05) is 21.2 Å². The summed E-state index contributed by atoms with van der Waals surface area (Å²) in [6.07, 6.45) is 0.831. The van der Waals surface area contributed by atoms with E-state index in [1.165, 1.54) is 11.0 Å². The summed E-state index contributed by atoms with van der Waals surface area (Å²) < 4.78 is 14.3. The molecule has 0 fully saturated rings. The third-order valence-electron chi connectivity index (χ3n) is 3.04. The lowest BCUT2D eigenvalue weighted by molar-refractivity contribution is 0.602. The number of rotatable bonds is 6. The first-order valence-electron chi connectivity index (χ1n) is 6.47. The van der Waals surface area contributed by atoms with Crippen molar-refractivity contribution in [2.45, 2.75) is 17.4 Å². The fourth-order valence-electron chi connectivity index (χ4n) is 1.92. The monoisotopic (exact) mass is 353 g/mol. The van der Waals surface area contributed by atoms with Crippen molar-refractivity contribution in [3.63, 3.8) is 0 Å². The maximum Gasteiger partial charge on any atom is 0.123 e. The Balaban J connectivity index is 1.90. The van der Waals surface area contributed by atoms with Crippen LogP contribution in [0.3, 0.4) is 0 Å². The van der Waals surface area contributed by atoms with E-state index in [9.17, 15) is 4.39 Å². The molecule has 0 aliphatic rings. The lowest BCUT2D eigenvalue weighted by Crippen LogP contribution is -2.30. The van der Waals surface area contributed by atoms with Crippen LogP contribution in [0.4, 0.5) is 4.39 Å². The Morgan fingerprint density at radius 3 is 2.60 bits per heavy atom. The minimum atomic E-state index is -0.169. The van der Waals surface area contributed by atoms with Crippen molar-refractivity contribution in [3.8, 4) is 0 Å². The smallest absolute Gasteiger partial charge is 0.123 e. The molecule has 0 amide bonds. The molecule has 2 aromatic carbocycles. The predicted molar refractivity (Wildman–Crippen MR) is 87.8 cm³/mol. The van der Waals surface area contributed by atoms with Crippen LogP contribution in [0.2, 0.25) is 0 Å². The van der Waals surface area contributed by atoms with Gasteiger partial charge in [0.1, 0.15) is 5.82 Å². The molecular weight excluding hydrogens is 337 g/mol. The molecule has 0 saturated carbocycles. The fraction of sp³-hybridized carbons (Fsp3) is 0.250. The topological polar surface area (TPSA) is 12.0 Å². The van der Waals surface area contributed by atoms with E-state index in [0.29, 0.717) is 6.04 Å². The maximum absolute atomic E-state index is 13.2. The zero-order valence-corrected chi connectivity index (χ0v) is 13.7. The third-order valence-corrected chi connectivity index (χ3v) is 4.75. The lowest BCUT2D eigenvalue weighted by atomic mass is 10.1. The van der Waals surface area contributed by atoms with E-state index >= 15 is 0 Å². The number of hydrogen-bond donors (Lipinski definition) is 1. The minimum Gasteiger partial charge on any atom is -0.316 e. The lowest BCUT2D eigenvalue weighted by Gasteiger charge is -2.16. The van der Waals surface area contributed by atoms with Gasteiger partial charge in [-0.25, -0.2) is 4.39 Å². The molecule has 0 spiro atoms. The van der Waals surface area contributed by atoms with Crippen LogP contribution in [-0.2, 0) is 6.42 Å². The van der Waals surface area contributed by atoms with Gasteiger partial charge in [-0.15, -0.1) is 11.8 Å². The zero-order valence-electron chi connectivity index (χ0n) is 11.3. The van der Waals surface area contributed by atoms with Gasteiger partial charge in [0.2, 0.25) is 0 Å². The normalized spacial score (nSPS) is 12.3. The Morgan fingerprint density at radius 2 is 1.95 bits per heavy atom. The van der Waals surface area contributed by atoms with Crippen LogP contribution in [0.5, 0.6) is 0 Å². The molecule has 1 atom stereocenters. The molecule has 0 saturated heterocycles. The van der Waals surface area contributed by atoms with Crippen LogP contribution in [0, 0.1) is 5.82 Å². The molecule has 1 nitrogen and oxygen atoms in total. The SMILES string of the molecule is CNC(CSc1ccc(Br)cc1)Cc1cccc(F)c1. The van der Waals surface area contributed by atoms with E-state index in [1.54, 1.807) is 12.1 Å². The maximum atomic E-state index is 13.2. The number of thioether (sulfide) groups is 1. The second-order valence-corrected chi connectivity index (χ2v) is 6.59. The van der Waals surface area contributed by atoms with Gasteiger partial charge in [-0.2, -0.15) is 0 Å². The zero-order chi connectivity index (χ0) is 14.4. The standard InChI is InChI=1S/C16H17BrFNS/c1-19-15(10-12-3-2-4-14(18)9-12)11-20-16-7-5-13(17)6-8-16/h2-9,15,19H,10-11H2,1H3. The van der Waals surface area contributed by atoms with Gasteiger partial charge in [0.15, 0.2) is 0 Å². The van der Waals surface area contributed by atoms with Gasteiger partial charge in [-0.3, -0.25) is 0 Å². The summed E-state index contributed by atoms with van der Waals surface area (Å²) in [5.41, 5.74) is 1.03. The molecule has 0 radical (unpaired) electrons. The van der Waals surface area contributed by atoms with Gasteiger partial charge in [0.05, 0.1) is 0 Å². The van der Waals surface area contributed by atoms with Crippen molar-refractivity contribution in [1.82, 2.24) is 5.32 Å². The third kappa shape index (κ3) is 4.93. The molecule has 0 bridgehead atoms. The van der Waals surface area contributed by atoms with Gasteiger partial charge >= 0.3 is 0 Å². The number of hydrogen-bond acceptors (Lipinski definition) is 2. The highest BCUT2D eigenvalue weighted by molar-refractivity contribution is 9.10. The first kappa shape index (κ1) is 15.5. The van der Waals surface area contributed by atoms with E-state index in [0.717, 1.165) is 22.2 Å². The molecule has 2 rings (SSSR count). The van der Waals surface area contributed by atoms with Crippen molar-refractivity contribution in [2.75, 3.05) is 12.8 Å². The number of benzene rings is 2. The fourth-order valence-corrected chi connectivity index (χ4v) is 3.19. The van der Waals surface area contributed by atoms with Crippen molar-refractivity contribution in [3.05, 3.63) is 64.4 Å². The number of likely N-dealkylation sites (N-methyl/N-ethyl adjacent to an activating group) is 1. The Morgan fingerprint density at radius 1 is 1.20 bits per heavy atom. The molecule has 106 valence electrons. The summed E-state index contributed by atoms with van der Waals surface area (Å²) in [6.45, 7) is 0. The second-order valence-electron chi connectivity index (χ2n) is 4.58. The van der Waals surface area contributed by atoms with Crippen LogP contribution in [0.25, 0.3) is 0 Å². The van der Waals surface area contributed by atoms with E-state index in [1.807, 2.05) is 37.0 Å². The van der Waals surface area contributed by atoms with Gasteiger partial charge in [0.25, 0.3) is 0 Å². The van der Waals surface area contributed by atoms with Crippen molar-refractivity contribution < 1.29 is 4.39 Å². The summed E-state index contributed by atoms with van der Waals surface area (Å²) in [4.78, 5) is 1.24. The van der Waals surface area contributed by atoms with Crippen molar-refractivity contribution in [2.24, 2.45) is 0 Å². The second kappa shape index (κ2) is 7.81. The van der Waals surface area contributed by atoms with Crippen LogP contribution in [0.1, 0.15) is 5.56 Å². The Kier molecular flexibility index (Phi) is 6.07. The largest absolute Gasteiger partial charge is 0.316 e. The first-order chi connectivity index (χ1) is 9.67. The highest BCUT2D eigenvalue weighted by atomic mass is 79.9. The quantitative estimate of drug-likeness (QED) is 0.766. The molecule has 2 aromatic rings. The molecule has 0 aromatic heterocycles. The Hall–Kier alpha value is -0.840. The van der Waals surface area contributed by atoms with E-state index in [-0.39, 0.29) is 5.82 Å².